The lowest BCUT2D eigenvalue weighted by molar-refractivity contribution is 0.102. The van der Waals surface area contributed by atoms with Gasteiger partial charge in [0.1, 0.15) is 5.82 Å². The fourth-order valence-electron chi connectivity index (χ4n) is 2.38. The molecular formula is C18H13F3N2OS. The average Bonchev–Trinajstić information content (AvgIpc) is 2.55. The topological polar surface area (TPSA) is 42.0 Å². The number of aryl methyl sites for hydroxylation is 1. The molecule has 0 aliphatic rings. The molecule has 1 amide bonds. The zero-order valence-electron chi connectivity index (χ0n) is 13.1. The second kappa shape index (κ2) is 7.14. The Balaban J connectivity index is 1.82. The number of pyridine rings is 1. The molecule has 0 fully saturated rings. The number of thioether (sulfide) groups is 1. The van der Waals surface area contributed by atoms with E-state index >= 15 is 0 Å². The monoisotopic (exact) mass is 362 g/mol. The van der Waals surface area contributed by atoms with Crippen LogP contribution in [0.2, 0.25) is 0 Å². The van der Waals surface area contributed by atoms with Gasteiger partial charge in [0.15, 0.2) is 0 Å². The van der Waals surface area contributed by atoms with Gasteiger partial charge in [-0.1, -0.05) is 11.8 Å². The minimum atomic E-state index is -2.49. The van der Waals surface area contributed by atoms with E-state index in [-0.39, 0.29) is 5.91 Å². The maximum atomic E-state index is 13.3. The van der Waals surface area contributed by atoms with Crippen LogP contribution in [-0.4, -0.2) is 16.6 Å². The Hall–Kier alpha value is -2.54. The summed E-state index contributed by atoms with van der Waals surface area (Å²) < 4.78 is 37.9. The summed E-state index contributed by atoms with van der Waals surface area (Å²) in [7, 11) is 0. The summed E-state index contributed by atoms with van der Waals surface area (Å²) in [6, 6.07) is 12.0. The van der Waals surface area contributed by atoms with Gasteiger partial charge in [0.05, 0.1) is 16.8 Å². The van der Waals surface area contributed by atoms with Gasteiger partial charge in [0.2, 0.25) is 0 Å². The molecule has 1 N–H and O–H groups in total. The van der Waals surface area contributed by atoms with E-state index in [1.54, 1.807) is 31.2 Å². The molecule has 0 saturated carbocycles. The van der Waals surface area contributed by atoms with E-state index < -0.39 is 11.6 Å². The van der Waals surface area contributed by atoms with E-state index in [2.05, 4.69) is 10.3 Å². The molecule has 3 nitrogen and oxygen atoms in total. The summed E-state index contributed by atoms with van der Waals surface area (Å²) >= 11 is 0.441. The number of alkyl halides is 2. The first kappa shape index (κ1) is 17.3. The zero-order valence-corrected chi connectivity index (χ0v) is 13.9. The van der Waals surface area contributed by atoms with Crippen molar-refractivity contribution in [1.29, 1.82) is 0 Å². The average molecular weight is 362 g/mol. The normalized spacial score (nSPS) is 11.1. The van der Waals surface area contributed by atoms with Gasteiger partial charge in [0.25, 0.3) is 11.7 Å². The smallest absolute Gasteiger partial charge is 0.288 e. The highest BCUT2D eigenvalue weighted by Crippen LogP contribution is 2.26. The zero-order chi connectivity index (χ0) is 18.0. The molecule has 0 saturated heterocycles. The summed E-state index contributed by atoms with van der Waals surface area (Å²) in [5.41, 5.74) is 1.80. The minimum absolute atomic E-state index is 0.366. The number of nitrogens with zero attached hydrogens (tertiary/aromatic N) is 1. The molecule has 0 aliphatic carbocycles. The van der Waals surface area contributed by atoms with E-state index in [0.717, 1.165) is 0 Å². The number of nitrogens with one attached hydrogen (secondary N) is 1. The number of rotatable bonds is 4. The van der Waals surface area contributed by atoms with Crippen molar-refractivity contribution in [1.82, 2.24) is 4.98 Å². The van der Waals surface area contributed by atoms with Crippen LogP contribution in [-0.2, 0) is 0 Å². The Morgan fingerprint density at radius 3 is 2.52 bits per heavy atom. The summed E-state index contributed by atoms with van der Waals surface area (Å²) in [6.45, 7) is 1.67. The van der Waals surface area contributed by atoms with Crippen molar-refractivity contribution < 1.29 is 18.0 Å². The first-order valence-electron chi connectivity index (χ1n) is 7.35. The molecule has 0 radical (unpaired) electrons. The third kappa shape index (κ3) is 4.11. The highest BCUT2D eigenvalue weighted by molar-refractivity contribution is 7.99. The van der Waals surface area contributed by atoms with Gasteiger partial charge in [-0.15, -0.1) is 0 Å². The second-order valence-corrected chi connectivity index (χ2v) is 6.38. The molecule has 3 rings (SSSR count). The van der Waals surface area contributed by atoms with Gasteiger partial charge in [-0.25, -0.2) is 4.39 Å². The van der Waals surface area contributed by atoms with Crippen molar-refractivity contribution in [2.45, 2.75) is 17.6 Å². The van der Waals surface area contributed by atoms with E-state index in [9.17, 15) is 18.0 Å². The maximum absolute atomic E-state index is 13.3. The Morgan fingerprint density at radius 2 is 1.84 bits per heavy atom. The van der Waals surface area contributed by atoms with Crippen molar-refractivity contribution in [2.24, 2.45) is 0 Å². The van der Waals surface area contributed by atoms with Gasteiger partial charge in [0, 0.05) is 22.0 Å². The number of hydrogen-bond donors (Lipinski definition) is 1. The lowest BCUT2D eigenvalue weighted by Crippen LogP contribution is -2.14. The molecular weight excluding hydrogens is 349 g/mol. The second-order valence-electron chi connectivity index (χ2n) is 5.32. The predicted molar refractivity (Wildman–Crippen MR) is 92.7 cm³/mol. The fraction of sp³-hybridized carbons (Fsp3) is 0.111. The number of anilines is 1. The molecule has 1 aromatic heterocycles. The largest absolute Gasteiger partial charge is 0.322 e. The van der Waals surface area contributed by atoms with Crippen molar-refractivity contribution in [3.05, 3.63) is 65.6 Å². The number of carbonyl (C=O) groups excluding carboxylic acids is 1. The van der Waals surface area contributed by atoms with Crippen molar-refractivity contribution in [2.75, 3.05) is 5.32 Å². The van der Waals surface area contributed by atoms with Gasteiger partial charge in [-0.2, -0.15) is 8.78 Å². The Labute approximate surface area is 146 Å². The Kier molecular flexibility index (Phi) is 4.94. The first-order valence-corrected chi connectivity index (χ1v) is 8.23. The molecule has 0 unspecified atom stereocenters. The number of hydrogen-bond acceptors (Lipinski definition) is 3. The van der Waals surface area contributed by atoms with Gasteiger partial charge < -0.3 is 5.32 Å². The number of benzene rings is 2. The third-order valence-corrected chi connectivity index (χ3v) is 4.27. The fourth-order valence-corrected chi connectivity index (χ4v) is 2.88. The van der Waals surface area contributed by atoms with Gasteiger partial charge in [-0.3, -0.25) is 9.78 Å². The van der Waals surface area contributed by atoms with E-state index in [0.29, 0.717) is 44.5 Å². The summed E-state index contributed by atoms with van der Waals surface area (Å²) in [4.78, 5) is 17.1. The summed E-state index contributed by atoms with van der Waals surface area (Å²) in [5, 5.41) is 3.36. The third-order valence-electron chi connectivity index (χ3n) is 3.55. The van der Waals surface area contributed by atoms with Crippen LogP contribution in [0.1, 0.15) is 16.1 Å². The lowest BCUT2D eigenvalue weighted by atomic mass is 10.1. The SMILES string of the molecule is Cc1nc2cc(F)ccc2cc1C(=O)Nc1ccc(SC(F)F)cc1. The van der Waals surface area contributed by atoms with Crippen molar-refractivity contribution in [3.8, 4) is 0 Å². The van der Waals surface area contributed by atoms with Crippen LogP contribution in [0.3, 0.4) is 0 Å². The van der Waals surface area contributed by atoms with E-state index in [4.69, 9.17) is 0 Å². The molecule has 2 aromatic carbocycles. The summed E-state index contributed by atoms with van der Waals surface area (Å²) in [5.74, 6) is -3.25. The number of fused-ring (bicyclic) bond motifs is 1. The van der Waals surface area contributed by atoms with Crippen LogP contribution in [0, 0.1) is 12.7 Å². The van der Waals surface area contributed by atoms with Gasteiger partial charge >= 0.3 is 0 Å². The number of aromatic nitrogens is 1. The number of carbonyl (C=O) groups is 1. The molecule has 3 aromatic rings. The van der Waals surface area contributed by atoms with Crippen LogP contribution >= 0.6 is 11.8 Å². The minimum Gasteiger partial charge on any atom is -0.322 e. The van der Waals surface area contributed by atoms with Crippen molar-refractivity contribution in [3.63, 3.8) is 0 Å². The van der Waals surface area contributed by atoms with Crippen LogP contribution in [0.15, 0.2) is 53.4 Å². The molecule has 25 heavy (non-hydrogen) atoms. The first-order chi connectivity index (χ1) is 11.9. The maximum Gasteiger partial charge on any atom is 0.288 e. The molecule has 0 bridgehead atoms. The molecule has 7 heteroatoms. The highest BCUT2D eigenvalue weighted by Gasteiger charge is 2.13. The summed E-state index contributed by atoms with van der Waals surface area (Å²) in [6.07, 6.45) is 0. The van der Waals surface area contributed by atoms with Crippen LogP contribution < -0.4 is 5.32 Å². The van der Waals surface area contributed by atoms with E-state index in [1.165, 1.54) is 24.3 Å². The van der Waals surface area contributed by atoms with Crippen LogP contribution in [0.25, 0.3) is 10.9 Å². The molecule has 0 spiro atoms. The predicted octanol–water partition coefficient (Wildman–Crippen LogP) is 5.25. The highest BCUT2D eigenvalue weighted by atomic mass is 32.2. The van der Waals surface area contributed by atoms with Crippen LogP contribution in [0.4, 0.5) is 18.9 Å². The molecule has 0 aliphatic heterocycles. The molecule has 0 atom stereocenters. The van der Waals surface area contributed by atoms with Crippen molar-refractivity contribution >= 4 is 34.3 Å². The number of halogens is 3. The Bertz CT molecular complexity index is 930. The lowest BCUT2D eigenvalue weighted by Gasteiger charge is -2.09. The molecule has 128 valence electrons. The Morgan fingerprint density at radius 1 is 1.12 bits per heavy atom. The molecule has 1 heterocycles. The number of amides is 1. The van der Waals surface area contributed by atoms with E-state index in [1.807, 2.05) is 0 Å². The quantitative estimate of drug-likeness (QED) is 0.645. The standard InChI is InChI=1S/C18H13F3N2OS/c1-10-15(8-11-2-3-12(19)9-16(11)22-10)17(24)23-13-4-6-14(7-5-13)25-18(20)21/h2-9,18H,1H3,(H,23,24). The van der Waals surface area contributed by atoms with Crippen LogP contribution in [0.5, 0.6) is 0 Å². The van der Waals surface area contributed by atoms with Gasteiger partial charge in [-0.05, 0) is 49.4 Å².